The number of aromatic nitrogens is 4. The molecule has 1 N–H and O–H groups in total. The molecule has 14 heavy (non-hydrogen) atoms. The van der Waals surface area contributed by atoms with Gasteiger partial charge in [-0.2, -0.15) is 0 Å². The third-order valence-corrected chi connectivity index (χ3v) is 2.23. The van der Waals surface area contributed by atoms with E-state index >= 15 is 0 Å². The molecule has 0 aliphatic carbocycles. The summed E-state index contributed by atoms with van der Waals surface area (Å²) in [6.45, 7) is 2.66. The van der Waals surface area contributed by atoms with E-state index < -0.39 is 0 Å². The van der Waals surface area contributed by atoms with Crippen LogP contribution in [0.3, 0.4) is 0 Å². The van der Waals surface area contributed by atoms with Crippen LogP contribution in [0.15, 0.2) is 24.8 Å². The molecule has 0 atom stereocenters. The number of H-pyrrole nitrogens is 1. The van der Waals surface area contributed by atoms with Crippen molar-refractivity contribution < 1.29 is 0 Å². The monoisotopic (exact) mass is 206 g/mol. The largest absolute Gasteiger partial charge is 0.335 e. The highest BCUT2D eigenvalue weighted by molar-refractivity contribution is 7.71. The van der Waals surface area contributed by atoms with E-state index in [1.807, 2.05) is 23.8 Å². The fourth-order valence-corrected chi connectivity index (χ4v) is 1.55. The lowest BCUT2D eigenvalue weighted by Crippen LogP contribution is -2.00. The molecule has 2 rings (SSSR count). The quantitative estimate of drug-likeness (QED) is 0.761. The molecule has 4 nitrogen and oxygen atoms in total. The molecule has 0 amide bonds. The number of nitrogens with one attached hydrogen (secondary N) is 1. The van der Waals surface area contributed by atoms with Crippen LogP contribution in [0.2, 0.25) is 0 Å². The molecule has 0 radical (unpaired) electrons. The van der Waals surface area contributed by atoms with Gasteiger partial charge in [0.25, 0.3) is 0 Å². The van der Waals surface area contributed by atoms with Crippen molar-refractivity contribution in [1.82, 2.24) is 19.5 Å². The van der Waals surface area contributed by atoms with E-state index in [4.69, 9.17) is 12.2 Å². The van der Waals surface area contributed by atoms with Gasteiger partial charge in [-0.1, -0.05) is 0 Å². The molecular formula is C9H10N4S. The van der Waals surface area contributed by atoms with E-state index in [-0.39, 0.29) is 0 Å². The highest BCUT2D eigenvalue weighted by atomic mass is 32.1. The Balaban J connectivity index is 2.28. The Kier molecular flexibility index (Phi) is 2.41. The van der Waals surface area contributed by atoms with Crippen LogP contribution in [0.4, 0.5) is 0 Å². The smallest absolute Gasteiger partial charge is 0.177 e. The second-order valence-corrected chi connectivity index (χ2v) is 3.46. The maximum absolute atomic E-state index is 5.14. The van der Waals surface area contributed by atoms with Gasteiger partial charge in [-0.05, 0) is 25.2 Å². The van der Waals surface area contributed by atoms with Crippen molar-refractivity contribution in [2.24, 2.45) is 0 Å². The highest BCUT2D eigenvalue weighted by Gasteiger charge is 1.98. The van der Waals surface area contributed by atoms with Crippen molar-refractivity contribution in [3.8, 4) is 0 Å². The van der Waals surface area contributed by atoms with E-state index in [0.29, 0.717) is 6.54 Å². The highest BCUT2D eigenvalue weighted by Crippen LogP contribution is 2.01. The Hall–Kier alpha value is -1.49. The lowest BCUT2D eigenvalue weighted by atomic mass is 10.4. The molecule has 0 unspecified atom stereocenters. The molecule has 2 aromatic rings. The van der Waals surface area contributed by atoms with E-state index in [9.17, 15) is 0 Å². The number of rotatable bonds is 2. The minimum Gasteiger partial charge on any atom is -0.335 e. The fraction of sp³-hybridized carbons (Fsp3) is 0.222. The van der Waals surface area contributed by atoms with Crippen LogP contribution in [0.25, 0.3) is 0 Å². The van der Waals surface area contributed by atoms with Gasteiger partial charge in [0.2, 0.25) is 0 Å². The maximum Gasteiger partial charge on any atom is 0.177 e. The first-order valence-corrected chi connectivity index (χ1v) is 4.67. The summed E-state index contributed by atoms with van der Waals surface area (Å²) in [6.07, 6.45) is 5.24. The third-order valence-electron chi connectivity index (χ3n) is 1.89. The van der Waals surface area contributed by atoms with E-state index in [1.54, 1.807) is 12.5 Å². The van der Waals surface area contributed by atoms with Crippen molar-refractivity contribution in [3.63, 3.8) is 0 Å². The molecule has 0 aliphatic rings. The zero-order valence-electron chi connectivity index (χ0n) is 7.77. The molecule has 0 spiro atoms. The van der Waals surface area contributed by atoms with Gasteiger partial charge in [0.15, 0.2) is 4.77 Å². The minimum absolute atomic E-state index is 0.686. The summed E-state index contributed by atoms with van der Waals surface area (Å²) in [5.74, 6) is 0. The van der Waals surface area contributed by atoms with Gasteiger partial charge in [-0.25, -0.2) is 9.97 Å². The van der Waals surface area contributed by atoms with Crippen molar-refractivity contribution in [2.45, 2.75) is 13.5 Å². The Morgan fingerprint density at radius 1 is 1.57 bits per heavy atom. The lowest BCUT2D eigenvalue weighted by Gasteiger charge is -1.99. The molecule has 72 valence electrons. The Morgan fingerprint density at radius 3 is 3.00 bits per heavy atom. The molecule has 0 saturated heterocycles. The predicted octanol–water partition coefficient (Wildman–Crippen LogP) is 1.69. The average molecular weight is 206 g/mol. The number of hydrogen-bond donors (Lipinski definition) is 1. The Morgan fingerprint density at radius 2 is 2.43 bits per heavy atom. The van der Waals surface area contributed by atoms with Crippen molar-refractivity contribution in [3.05, 3.63) is 40.9 Å². The van der Waals surface area contributed by atoms with Gasteiger partial charge in [-0.3, -0.25) is 0 Å². The normalized spacial score (nSPS) is 10.4. The lowest BCUT2D eigenvalue weighted by molar-refractivity contribution is 0.757. The summed E-state index contributed by atoms with van der Waals surface area (Å²) in [5, 5.41) is 0. The number of nitrogens with zero attached hydrogens (tertiary/aromatic N) is 3. The van der Waals surface area contributed by atoms with Crippen LogP contribution in [-0.4, -0.2) is 19.5 Å². The summed E-state index contributed by atoms with van der Waals surface area (Å²) >= 11 is 5.14. The van der Waals surface area contributed by atoms with Crippen molar-refractivity contribution in [1.29, 1.82) is 0 Å². The van der Waals surface area contributed by atoms with Gasteiger partial charge in [0.05, 0.1) is 12.2 Å². The number of hydrogen-bond acceptors (Lipinski definition) is 3. The fourth-order valence-electron chi connectivity index (χ4n) is 1.27. The van der Waals surface area contributed by atoms with Crippen LogP contribution < -0.4 is 0 Å². The first-order valence-electron chi connectivity index (χ1n) is 4.26. The molecule has 2 aromatic heterocycles. The van der Waals surface area contributed by atoms with Crippen LogP contribution in [0, 0.1) is 11.7 Å². The average Bonchev–Trinajstić information content (AvgIpc) is 2.47. The number of aromatic amines is 1. The summed E-state index contributed by atoms with van der Waals surface area (Å²) in [7, 11) is 0. The minimum atomic E-state index is 0.686. The van der Waals surface area contributed by atoms with Crippen LogP contribution in [-0.2, 0) is 6.54 Å². The molecule has 0 bridgehead atoms. The van der Waals surface area contributed by atoms with Gasteiger partial charge in [-0.15, -0.1) is 0 Å². The third kappa shape index (κ3) is 1.88. The molecule has 0 aliphatic heterocycles. The first kappa shape index (κ1) is 9.08. The van der Waals surface area contributed by atoms with Crippen LogP contribution in [0.1, 0.15) is 11.4 Å². The maximum atomic E-state index is 5.14. The van der Waals surface area contributed by atoms with Crippen LogP contribution in [0.5, 0.6) is 0 Å². The zero-order valence-corrected chi connectivity index (χ0v) is 8.58. The first-order chi connectivity index (χ1) is 6.75. The van der Waals surface area contributed by atoms with Gasteiger partial charge in [0, 0.05) is 18.1 Å². The van der Waals surface area contributed by atoms with E-state index in [1.165, 1.54) is 0 Å². The van der Waals surface area contributed by atoms with Gasteiger partial charge in [0.1, 0.15) is 6.33 Å². The summed E-state index contributed by atoms with van der Waals surface area (Å²) in [4.78, 5) is 11.1. The molecule has 0 fully saturated rings. The van der Waals surface area contributed by atoms with Gasteiger partial charge < -0.3 is 9.55 Å². The Labute approximate surface area is 86.7 Å². The van der Waals surface area contributed by atoms with Crippen molar-refractivity contribution >= 4 is 12.2 Å². The van der Waals surface area contributed by atoms with E-state index in [0.717, 1.165) is 16.2 Å². The molecular weight excluding hydrogens is 196 g/mol. The summed E-state index contributed by atoms with van der Waals surface area (Å²) in [6, 6.07) is 1.88. The van der Waals surface area contributed by atoms with Gasteiger partial charge >= 0.3 is 0 Å². The SMILES string of the molecule is Cc1cn(Cc2ccncn2)c(=S)[nH]1. The van der Waals surface area contributed by atoms with Crippen LogP contribution >= 0.6 is 12.2 Å². The van der Waals surface area contributed by atoms with Crippen molar-refractivity contribution in [2.75, 3.05) is 0 Å². The molecule has 2 heterocycles. The summed E-state index contributed by atoms with van der Waals surface area (Å²) < 4.78 is 2.67. The number of aryl methyl sites for hydroxylation is 1. The van der Waals surface area contributed by atoms with E-state index in [2.05, 4.69) is 15.0 Å². The predicted molar refractivity (Wildman–Crippen MR) is 55.5 cm³/mol. The second-order valence-electron chi connectivity index (χ2n) is 3.07. The Bertz CT molecular complexity index is 471. The standard InChI is InChI=1S/C9H10N4S/c1-7-4-13(9(14)12-7)5-8-2-3-10-6-11-8/h2-4,6H,5H2,1H3,(H,12,14). The number of imidazole rings is 1. The second kappa shape index (κ2) is 3.71. The summed E-state index contributed by atoms with van der Waals surface area (Å²) in [5.41, 5.74) is 2.01. The molecule has 0 saturated carbocycles. The molecule has 0 aromatic carbocycles. The topological polar surface area (TPSA) is 46.5 Å². The zero-order chi connectivity index (χ0) is 9.97. The molecule has 5 heteroatoms.